The van der Waals surface area contributed by atoms with Crippen LogP contribution in [0.15, 0.2) is 35.2 Å². The van der Waals surface area contributed by atoms with Gasteiger partial charge in [0, 0.05) is 0 Å². The molecule has 35 heavy (non-hydrogen) atoms. The number of aryl methyl sites for hydroxylation is 1. The number of hydrogen-bond acceptors (Lipinski definition) is 4. The molecular formula is C29H45NaO4S. The fourth-order valence-electron chi connectivity index (χ4n) is 4.73. The van der Waals surface area contributed by atoms with E-state index in [1.54, 1.807) is 6.07 Å². The third-order valence-corrected chi connectivity index (χ3v) is 7.49. The molecule has 2 aromatic carbocycles. The first-order chi connectivity index (χ1) is 16.5. The molecule has 4 nitrogen and oxygen atoms in total. The quantitative estimate of drug-likeness (QED) is 0.167. The van der Waals surface area contributed by atoms with Crippen molar-refractivity contribution in [1.82, 2.24) is 0 Å². The second-order valence-electron chi connectivity index (χ2n) is 9.26. The van der Waals surface area contributed by atoms with E-state index in [1.807, 2.05) is 25.0 Å². The van der Waals surface area contributed by atoms with Crippen molar-refractivity contribution >= 4 is 27.7 Å². The molecule has 0 aliphatic rings. The van der Waals surface area contributed by atoms with Gasteiger partial charge in [0.1, 0.15) is 16.9 Å². The van der Waals surface area contributed by atoms with Gasteiger partial charge in [-0.25, -0.2) is 8.42 Å². The summed E-state index contributed by atoms with van der Waals surface area (Å²) in [5, 5.41) is 1.45. The van der Waals surface area contributed by atoms with Gasteiger partial charge in [0.05, 0.1) is 4.90 Å². The number of carbonyl (C=O) groups is 1. The maximum absolute atomic E-state index is 12.3. The van der Waals surface area contributed by atoms with Crippen LogP contribution in [0.5, 0.6) is 0 Å². The molecule has 0 atom stereocenters. The van der Waals surface area contributed by atoms with Gasteiger partial charge >= 0.3 is 29.6 Å². The van der Waals surface area contributed by atoms with E-state index in [1.165, 1.54) is 64.2 Å². The maximum Gasteiger partial charge on any atom is 1.00 e. The van der Waals surface area contributed by atoms with Crippen molar-refractivity contribution < 1.29 is 47.3 Å². The first kappa shape index (κ1) is 34.3. The average molecular weight is 513 g/mol. The van der Waals surface area contributed by atoms with E-state index in [-0.39, 0.29) is 34.5 Å². The number of carbonyl (C=O) groups excluding carboxylic acids is 1. The van der Waals surface area contributed by atoms with E-state index >= 15 is 0 Å². The Hall–Kier alpha value is -0.720. The molecule has 0 fully saturated rings. The van der Waals surface area contributed by atoms with Crippen LogP contribution in [0.1, 0.15) is 115 Å². The number of unbranched alkanes of at least 4 members (excludes halogenated alkanes) is 12. The molecule has 0 amide bonds. The minimum absolute atomic E-state index is 0. The number of rotatable bonds is 17. The second kappa shape index (κ2) is 20.4. The van der Waals surface area contributed by atoms with Crippen LogP contribution in [0.2, 0.25) is 0 Å². The Bertz CT molecular complexity index is 928. The zero-order valence-corrected chi connectivity index (χ0v) is 25.3. The molecule has 2 rings (SSSR count). The molecule has 0 aliphatic carbocycles. The zero-order valence-electron chi connectivity index (χ0n) is 22.4. The summed E-state index contributed by atoms with van der Waals surface area (Å²) in [5.74, 6) is 0. The molecule has 0 radical (unpaired) electrons. The van der Waals surface area contributed by atoms with Crippen LogP contribution in [0.4, 0.5) is 0 Å². The monoisotopic (exact) mass is 512 g/mol. The minimum atomic E-state index is -4.53. The summed E-state index contributed by atoms with van der Waals surface area (Å²) < 4.78 is 37.0. The van der Waals surface area contributed by atoms with Crippen LogP contribution in [0.25, 0.3) is 10.8 Å². The average Bonchev–Trinajstić information content (AvgIpc) is 2.83. The van der Waals surface area contributed by atoms with Crippen molar-refractivity contribution in [1.29, 1.82) is 0 Å². The van der Waals surface area contributed by atoms with E-state index in [0.717, 1.165) is 48.6 Å². The van der Waals surface area contributed by atoms with Crippen LogP contribution >= 0.6 is 0 Å². The summed E-state index contributed by atoms with van der Waals surface area (Å²) in [7, 11) is -4.53. The Morgan fingerprint density at radius 1 is 0.714 bits per heavy atom. The van der Waals surface area contributed by atoms with E-state index < -0.39 is 10.1 Å². The molecule has 0 aromatic heterocycles. The van der Waals surface area contributed by atoms with Crippen molar-refractivity contribution in [3.05, 3.63) is 41.5 Å². The van der Waals surface area contributed by atoms with Crippen LogP contribution in [-0.4, -0.2) is 19.8 Å². The normalized spacial score (nSPS) is 11.1. The number of hydrogen-bond donors (Lipinski definition) is 0. The van der Waals surface area contributed by atoms with Crippen molar-refractivity contribution in [2.75, 3.05) is 0 Å². The van der Waals surface area contributed by atoms with Gasteiger partial charge in [0.2, 0.25) is 0 Å². The van der Waals surface area contributed by atoms with E-state index in [9.17, 15) is 13.0 Å². The Balaban J connectivity index is 0.00000375. The second-order valence-corrected chi connectivity index (χ2v) is 10.6. The Kier molecular flexibility index (Phi) is 19.9. The first-order valence-corrected chi connectivity index (χ1v) is 14.7. The Labute approximate surface area is 236 Å². The van der Waals surface area contributed by atoms with Gasteiger partial charge in [0.15, 0.2) is 0 Å². The third kappa shape index (κ3) is 12.9. The maximum atomic E-state index is 12.3. The smallest absolute Gasteiger partial charge is 0.744 e. The van der Waals surface area contributed by atoms with Gasteiger partial charge in [-0.05, 0) is 47.6 Å². The van der Waals surface area contributed by atoms with Gasteiger partial charge < -0.3 is 9.35 Å². The van der Waals surface area contributed by atoms with Gasteiger partial charge in [-0.1, -0.05) is 121 Å². The molecule has 0 bridgehead atoms. The third-order valence-electron chi connectivity index (χ3n) is 6.53. The van der Waals surface area contributed by atoms with Crippen molar-refractivity contribution in [3.63, 3.8) is 0 Å². The molecule has 0 heterocycles. The summed E-state index contributed by atoms with van der Waals surface area (Å²) in [6.07, 6.45) is 18.4. The summed E-state index contributed by atoms with van der Waals surface area (Å²) in [4.78, 5) is 8.04. The van der Waals surface area contributed by atoms with Gasteiger partial charge in [-0.3, -0.25) is 0 Å². The fourth-order valence-corrected chi connectivity index (χ4v) is 5.72. The van der Waals surface area contributed by atoms with Gasteiger partial charge in [-0.15, -0.1) is 0 Å². The molecule has 0 aliphatic heterocycles. The van der Waals surface area contributed by atoms with Gasteiger partial charge in [-0.2, -0.15) is 0 Å². The first-order valence-electron chi connectivity index (χ1n) is 13.3. The van der Waals surface area contributed by atoms with Crippen LogP contribution in [0.3, 0.4) is 0 Å². The topological polar surface area (TPSA) is 74.3 Å². The summed E-state index contributed by atoms with van der Waals surface area (Å²) in [6.45, 7) is 6.45. The summed E-state index contributed by atoms with van der Waals surface area (Å²) in [5.41, 5.74) is 1.86. The molecule has 192 valence electrons. The fraction of sp³-hybridized carbons (Fsp3) is 0.621. The van der Waals surface area contributed by atoms with Crippen molar-refractivity contribution in [2.24, 2.45) is 0 Å². The predicted molar refractivity (Wildman–Crippen MR) is 142 cm³/mol. The van der Waals surface area contributed by atoms with Crippen molar-refractivity contribution in [3.8, 4) is 0 Å². The van der Waals surface area contributed by atoms with Crippen molar-refractivity contribution in [2.45, 2.75) is 121 Å². The molecule has 0 N–H and O–H groups in total. The SMILES string of the molecule is C=O.CCCCCCCCCc1cc2ccccc2c(S(=O)(=O)[O-])c1CCCCCCCCC.[Na+]. The van der Waals surface area contributed by atoms with Crippen LogP contribution < -0.4 is 29.6 Å². The van der Waals surface area contributed by atoms with E-state index in [0.29, 0.717) is 11.8 Å². The predicted octanol–water partition coefficient (Wildman–Crippen LogP) is 5.15. The summed E-state index contributed by atoms with van der Waals surface area (Å²) in [6, 6.07) is 9.58. The zero-order chi connectivity index (χ0) is 25.2. The molecule has 0 unspecified atom stereocenters. The minimum Gasteiger partial charge on any atom is -0.744 e. The molecular weight excluding hydrogens is 467 g/mol. The molecule has 0 spiro atoms. The number of fused-ring (bicyclic) bond motifs is 1. The Morgan fingerprint density at radius 3 is 1.69 bits per heavy atom. The molecule has 6 heteroatoms. The largest absolute Gasteiger partial charge is 1.00 e. The number of benzene rings is 2. The van der Waals surface area contributed by atoms with Crippen LogP contribution in [-0.2, 0) is 27.8 Å². The molecule has 0 saturated carbocycles. The van der Waals surface area contributed by atoms with Crippen LogP contribution in [0, 0.1) is 0 Å². The van der Waals surface area contributed by atoms with E-state index in [2.05, 4.69) is 19.9 Å². The molecule has 2 aromatic rings. The van der Waals surface area contributed by atoms with Gasteiger partial charge in [0.25, 0.3) is 0 Å². The molecule has 0 saturated heterocycles. The van der Waals surface area contributed by atoms with E-state index in [4.69, 9.17) is 4.79 Å². The Morgan fingerprint density at radius 2 is 1.17 bits per heavy atom. The standard InChI is InChI=1S/C28H44O3S.CH2O.Na/c1-3-5-7-9-11-13-15-19-24-23-25-20-17-18-22-27(25)28(32(29,30)31)26(24)21-16-14-12-10-8-6-4-2;1-2;/h17-18,20,22-23H,3-16,19,21H2,1-2H3,(H,29,30,31);1H2;/q;;+1/p-1. The summed E-state index contributed by atoms with van der Waals surface area (Å²) >= 11 is 0.